The average molecular weight is 530 g/mol. The number of methoxy groups -OCH3 is 1. The van der Waals surface area contributed by atoms with Crippen molar-refractivity contribution in [2.75, 3.05) is 7.11 Å². The molecule has 6 N–H and O–H groups in total. The summed E-state index contributed by atoms with van der Waals surface area (Å²) in [5.74, 6) is -4.37. The molecule has 202 valence electrons. The molecule has 1 fully saturated rings. The number of hydrogen-bond acceptors (Lipinski definition) is 11. The molecule has 0 spiro atoms. The van der Waals surface area contributed by atoms with Crippen molar-refractivity contribution in [2.45, 2.75) is 36.8 Å². The van der Waals surface area contributed by atoms with E-state index in [1.54, 1.807) is 6.07 Å². The van der Waals surface area contributed by atoms with E-state index in [1.807, 2.05) is 0 Å². The van der Waals surface area contributed by atoms with Crippen molar-refractivity contribution in [1.29, 1.82) is 0 Å². The SMILES string of the molecule is COc1ccc(/C=C/C(=O)O[C@@H]2C[C@@](O)(C(=O)O)C[C@@H](O)[C@@H]2OC(=O)/C=C/c2ccc(O)c(O)c2)cc1O. The summed E-state index contributed by atoms with van der Waals surface area (Å²) in [6.07, 6.45) is -1.64. The minimum Gasteiger partial charge on any atom is -0.504 e. The molecule has 0 amide bonds. The maximum atomic E-state index is 12.5. The van der Waals surface area contributed by atoms with Crippen LogP contribution in [-0.2, 0) is 23.9 Å². The lowest BCUT2D eigenvalue weighted by Gasteiger charge is -2.40. The van der Waals surface area contributed by atoms with Crippen LogP contribution in [0.2, 0.25) is 0 Å². The summed E-state index contributed by atoms with van der Waals surface area (Å²) in [5, 5.41) is 59.1. The van der Waals surface area contributed by atoms with Gasteiger partial charge in [0.1, 0.15) is 6.10 Å². The summed E-state index contributed by atoms with van der Waals surface area (Å²) < 4.78 is 15.4. The normalized spacial score (nSPS) is 23.3. The largest absolute Gasteiger partial charge is 0.504 e. The summed E-state index contributed by atoms with van der Waals surface area (Å²) >= 11 is 0. The van der Waals surface area contributed by atoms with Crippen LogP contribution < -0.4 is 4.74 Å². The van der Waals surface area contributed by atoms with Gasteiger partial charge < -0.3 is 44.8 Å². The number of esters is 2. The van der Waals surface area contributed by atoms with E-state index >= 15 is 0 Å². The van der Waals surface area contributed by atoms with Gasteiger partial charge in [0.05, 0.1) is 13.2 Å². The van der Waals surface area contributed by atoms with E-state index in [-0.39, 0.29) is 17.2 Å². The maximum Gasteiger partial charge on any atom is 0.335 e. The van der Waals surface area contributed by atoms with E-state index in [0.29, 0.717) is 11.1 Å². The van der Waals surface area contributed by atoms with Crippen LogP contribution in [0.1, 0.15) is 24.0 Å². The van der Waals surface area contributed by atoms with Gasteiger partial charge >= 0.3 is 17.9 Å². The van der Waals surface area contributed by atoms with Crippen LogP contribution in [0.4, 0.5) is 0 Å². The van der Waals surface area contributed by atoms with Crippen molar-refractivity contribution in [3.8, 4) is 23.0 Å². The zero-order valence-electron chi connectivity index (χ0n) is 20.1. The predicted molar refractivity (Wildman–Crippen MR) is 130 cm³/mol. The first-order chi connectivity index (χ1) is 17.9. The van der Waals surface area contributed by atoms with Gasteiger partial charge in [-0.25, -0.2) is 14.4 Å². The Bertz CT molecular complexity index is 1270. The van der Waals surface area contributed by atoms with Gasteiger partial charge in [0.2, 0.25) is 0 Å². The Morgan fingerprint density at radius 3 is 2.00 bits per heavy atom. The lowest BCUT2D eigenvalue weighted by molar-refractivity contribution is -0.204. The standard InChI is InChI=1S/C26H26O12/c1-36-20-7-3-15(11-18(20)29)4-8-22(31)37-21-13-26(35,25(33)34)12-19(30)24(21)38-23(32)9-5-14-2-6-16(27)17(28)10-14/h2-11,19,21,24,27-30,35H,12-13H2,1H3,(H,33,34)/b8-4+,9-5+/t19-,21-,24+,26-/m1/s1. The van der Waals surface area contributed by atoms with E-state index in [9.17, 15) is 45.0 Å². The van der Waals surface area contributed by atoms with Gasteiger partial charge in [-0.3, -0.25) is 0 Å². The Kier molecular flexibility index (Phi) is 8.61. The number of phenols is 3. The van der Waals surface area contributed by atoms with Crippen molar-refractivity contribution < 1.29 is 59.2 Å². The Hall–Kier alpha value is -4.55. The van der Waals surface area contributed by atoms with Crippen molar-refractivity contribution in [3.05, 3.63) is 59.7 Å². The molecule has 0 radical (unpaired) electrons. The van der Waals surface area contributed by atoms with Gasteiger partial charge in [-0.15, -0.1) is 0 Å². The molecule has 0 unspecified atom stereocenters. The van der Waals surface area contributed by atoms with Crippen LogP contribution in [-0.4, -0.2) is 79.6 Å². The summed E-state index contributed by atoms with van der Waals surface area (Å²) in [6, 6.07) is 8.12. The first-order valence-electron chi connectivity index (χ1n) is 11.2. The zero-order chi connectivity index (χ0) is 28.0. The number of rotatable bonds is 8. The van der Waals surface area contributed by atoms with Gasteiger partial charge in [-0.1, -0.05) is 12.1 Å². The molecule has 4 atom stereocenters. The molecular weight excluding hydrogens is 504 g/mol. The number of ether oxygens (including phenoxy) is 3. The second-order valence-electron chi connectivity index (χ2n) is 8.54. The van der Waals surface area contributed by atoms with Gasteiger partial charge in [0.15, 0.2) is 34.7 Å². The fourth-order valence-corrected chi connectivity index (χ4v) is 3.83. The Morgan fingerprint density at radius 1 is 0.868 bits per heavy atom. The number of benzene rings is 2. The topological polar surface area (TPSA) is 200 Å². The maximum absolute atomic E-state index is 12.5. The molecule has 0 aromatic heterocycles. The number of aromatic hydroxyl groups is 3. The van der Waals surface area contributed by atoms with Crippen LogP contribution in [0.5, 0.6) is 23.0 Å². The smallest absolute Gasteiger partial charge is 0.335 e. The minimum atomic E-state index is -2.45. The van der Waals surface area contributed by atoms with E-state index < -0.39 is 60.4 Å². The highest BCUT2D eigenvalue weighted by Gasteiger charge is 2.52. The number of phenolic OH excluding ortho intramolecular Hbond substituents is 3. The molecule has 2 aromatic rings. The molecule has 0 heterocycles. The fourth-order valence-electron chi connectivity index (χ4n) is 3.83. The average Bonchev–Trinajstić information content (AvgIpc) is 2.85. The molecule has 2 aromatic carbocycles. The van der Waals surface area contributed by atoms with Crippen LogP contribution in [0.3, 0.4) is 0 Å². The third kappa shape index (κ3) is 6.81. The predicted octanol–water partition coefficient (Wildman–Crippen LogP) is 1.33. The second-order valence-corrected chi connectivity index (χ2v) is 8.54. The van der Waals surface area contributed by atoms with E-state index in [0.717, 1.165) is 12.2 Å². The molecule has 3 rings (SSSR count). The lowest BCUT2D eigenvalue weighted by atomic mass is 9.79. The number of aliphatic hydroxyl groups excluding tert-OH is 1. The lowest BCUT2D eigenvalue weighted by Crippen LogP contribution is -2.58. The Labute approximate surface area is 216 Å². The van der Waals surface area contributed by atoms with Crippen molar-refractivity contribution in [1.82, 2.24) is 0 Å². The molecule has 0 bridgehead atoms. The highest BCUT2D eigenvalue weighted by molar-refractivity contribution is 5.88. The highest BCUT2D eigenvalue weighted by Crippen LogP contribution is 2.33. The molecule has 38 heavy (non-hydrogen) atoms. The Morgan fingerprint density at radius 2 is 1.45 bits per heavy atom. The third-order valence-electron chi connectivity index (χ3n) is 5.78. The molecular formula is C26H26O12. The number of carboxylic acids is 1. The summed E-state index contributed by atoms with van der Waals surface area (Å²) in [5.41, 5.74) is -1.71. The third-order valence-corrected chi connectivity index (χ3v) is 5.78. The van der Waals surface area contributed by atoms with E-state index in [4.69, 9.17) is 14.2 Å². The summed E-state index contributed by atoms with van der Waals surface area (Å²) in [6.45, 7) is 0. The first kappa shape index (κ1) is 28.0. The highest BCUT2D eigenvalue weighted by atomic mass is 16.6. The van der Waals surface area contributed by atoms with Gasteiger partial charge in [-0.2, -0.15) is 0 Å². The summed E-state index contributed by atoms with van der Waals surface area (Å²) in [4.78, 5) is 36.5. The van der Waals surface area contributed by atoms with Gasteiger partial charge in [-0.05, 0) is 47.5 Å². The number of hydrogen-bond donors (Lipinski definition) is 6. The van der Waals surface area contributed by atoms with Crippen LogP contribution in [0, 0.1) is 0 Å². The molecule has 1 aliphatic carbocycles. The Balaban J connectivity index is 1.75. The molecule has 0 aliphatic heterocycles. The fraction of sp³-hybridized carbons (Fsp3) is 0.269. The van der Waals surface area contributed by atoms with Crippen LogP contribution >= 0.6 is 0 Å². The van der Waals surface area contributed by atoms with Crippen molar-refractivity contribution >= 4 is 30.1 Å². The minimum absolute atomic E-state index is 0.174. The quantitative estimate of drug-likeness (QED) is 0.163. The number of carboxylic acid groups (broad SMARTS) is 1. The van der Waals surface area contributed by atoms with Crippen LogP contribution in [0.25, 0.3) is 12.2 Å². The molecule has 0 saturated heterocycles. The van der Waals surface area contributed by atoms with Crippen molar-refractivity contribution in [2.24, 2.45) is 0 Å². The number of aliphatic carboxylic acids is 1. The zero-order valence-corrected chi connectivity index (χ0v) is 20.1. The number of carbonyl (C=O) groups excluding carboxylic acids is 2. The second kappa shape index (κ2) is 11.7. The van der Waals surface area contributed by atoms with E-state index in [2.05, 4.69) is 0 Å². The molecule has 1 saturated carbocycles. The monoisotopic (exact) mass is 530 g/mol. The van der Waals surface area contributed by atoms with Crippen molar-refractivity contribution in [3.63, 3.8) is 0 Å². The summed E-state index contributed by atoms with van der Waals surface area (Å²) in [7, 11) is 1.37. The number of aliphatic hydroxyl groups is 2. The van der Waals surface area contributed by atoms with E-state index in [1.165, 1.54) is 49.6 Å². The number of carbonyl (C=O) groups is 3. The molecule has 12 nitrogen and oxygen atoms in total. The van der Waals surface area contributed by atoms with Gasteiger partial charge in [0, 0.05) is 25.0 Å². The van der Waals surface area contributed by atoms with Crippen LogP contribution in [0.15, 0.2) is 48.6 Å². The first-order valence-corrected chi connectivity index (χ1v) is 11.2. The van der Waals surface area contributed by atoms with Gasteiger partial charge in [0.25, 0.3) is 0 Å². The molecule has 1 aliphatic rings. The molecule has 12 heteroatoms.